The fraction of sp³-hybridized carbons (Fsp3) is 0.357. The lowest BCUT2D eigenvalue weighted by molar-refractivity contribution is -0.153. The van der Waals surface area contributed by atoms with E-state index in [1.54, 1.807) is 62.4 Å². The molecule has 0 aliphatic carbocycles. The van der Waals surface area contributed by atoms with Crippen LogP contribution in [0.25, 0.3) is 11.1 Å². The van der Waals surface area contributed by atoms with Gasteiger partial charge in [0, 0.05) is 24.6 Å². The van der Waals surface area contributed by atoms with Gasteiger partial charge in [-0.3, -0.25) is 14.4 Å². The molecule has 1 aliphatic heterocycles. The van der Waals surface area contributed by atoms with Crippen LogP contribution in [0.15, 0.2) is 48.5 Å². The molecule has 0 aromatic heterocycles. The van der Waals surface area contributed by atoms with Crippen molar-refractivity contribution in [3.63, 3.8) is 0 Å². The number of likely N-dealkylation sites (tertiary alicyclic amines) is 1. The van der Waals surface area contributed by atoms with Crippen LogP contribution in [0, 0.1) is 12.8 Å². The summed E-state index contributed by atoms with van der Waals surface area (Å²) in [6.07, 6.45) is 0.287. The Balaban J connectivity index is 1.59. The van der Waals surface area contributed by atoms with Crippen molar-refractivity contribution in [1.29, 1.82) is 0 Å². The molecule has 0 saturated carbocycles. The number of esters is 1. The molecule has 1 heterocycles. The number of hydrogen-bond acceptors (Lipinski definition) is 7. The van der Waals surface area contributed by atoms with Crippen LogP contribution in [0.4, 0.5) is 4.79 Å². The van der Waals surface area contributed by atoms with Gasteiger partial charge in [-0.05, 0) is 29.9 Å². The summed E-state index contributed by atoms with van der Waals surface area (Å²) >= 11 is 0. The Morgan fingerprint density at radius 2 is 1.54 bits per heavy atom. The van der Waals surface area contributed by atoms with Crippen LogP contribution in [0.1, 0.15) is 47.4 Å². The van der Waals surface area contributed by atoms with E-state index in [1.165, 1.54) is 12.0 Å². The lowest BCUT2D eigenvalue weighted by Crippen LogP contribution is -2.54. The summed E-state index contributed by atoms with van der Waals surface area (Å²) in [6.45, 7) is 6.85. The Morgan fingerprint density at radius 3 is 2.05 bits per heavy atom. The van der Waals surface area contributed by atoms with Crippen LogP contribution in [0.3, 0.4) is 0 Å². The zero-order valence-corrected chi connectivity index (χ0v) is 21.2. The number of Topliss-reactive ketones (excluding diaryl/α,β-unsaturated/α-hetero) is 2. The number of benzene rings is 2. The predicted molar refractivity (Wildman–Crippen MR) is 136 cm³/mol. The second-order valence-corrected chi connectivity index (χ2v) is 9.16. The highest BCUT2D eigenvalue weighted by molar-refractivity contribution is 6.00. The van der Waals surface area contributed by atoms with Crippen molar-refractivity contribution in [1.82, 2.24) is 10.2 Å². The van der Waals surface area contributed by atoms with E-state index in [0.717, 1.165) is 11.1 Å². The zero-order valence-electron chi connectivity index (χ0n) is 21.2. The van der Waals surface area contributed by atoms with E-state index in [1.807, 2.05) is 0 Å². The Kier molecular flexibility index (Phi) is 9.16. The molecule has 37 heavy (non-hydrogen) atoms. The van der Waals surface area contributed by atoms with Gasteiger partial charge in [0.2, 0.25) is 5.91 Å². The molecule has 0 spiro atoms. The molecule has 195 valence electrons. The quantitative estimate of drug-likeness (QED) is 0.408. The molecule has 1 aliphatic rings. The number of carbonyl (C=O) groups excluding carboxylic acids is 5. The average Bonchev–Trinajstić information content (AvgIpc) is 3.40. The number of ether oxygens (including phenoxy) is 2. The second kappa shape index (κ2) is 12.3. The maximum Gasteiger partial charge on any atom is 0.407 e. The molecule has 3 rings (SSSR count). The number of alkyl carbamates (subject to hydrolysis) is 1. The van der Waals surface area contributed by atoms with Crippen LogP contribution in [-0.4, -0.2) is 66.8 Å². The van der Waals surface area contributed by atoms with Gasteiger partial charge in [-0.15, -0.1) is 0 Å². The van der Waals surface area contributed by atoms with E-state index >= 15 is 0 Å². The highest BCUT2D eigenvalue weighted by Crippen LogP contribution is 2.23. The van der Waals surface area contributed by atoms with Crippen LogP contribution in [-0.2, 0) is 19.1 Å². The molecule has 1 radical (unpaired) electrons. The van der Waals surface area contributed by atoms with Gasteiger partial charge in [0.15, 0.2) is 18.2 Å². The first kappa shape index (κ1) is 27.6. The van der Waals surface area contributed by atoms with Crippen LogP contribution >= 0.6 is 0 Å². The third-order valence-electron chi connectivity index (χ3n) is 6.29. The average molecular weight is 508 g/mol. The van der Waals surface area contributed by atoms with Gasteiger partial charge in [-0.1, -0.05) is 62.4 Å². The first-order valence-electron chi connectivity index (χ1n) is 12.0. The first-order valence-corrected chi connectivity index (χ1v) is 12.0. The molecule has 1 N–H and O–H groups in total. The molecule has 1 saturated heterocycles. The summed E-state index contributed by atoms with van der Waals surface area (Å²) in [6, 6.07) is 12.1. The molecule has 2 atom stereocenters. The summed E-state index contributed by atoms with van der Waals surface area (Å²) in [5.74, 6) is -1.91. The molecule has 9 nitrogen and oxygen atoms in total. The Labute approximate surface area is 216 Å². The third kappa shape index (κ3) is 6.81. The molecule has 1 fully saturated rings. The number of nitrogens with zero attached hydrogens (tertiary/aromatic N) is 1. The van der Waals surface area contributed by atoms with E-state index in [0.29, 0.717) is 30.5 Å². The largest absolute Gasteiger partial charge is 0.456 e. The van der Waals surface area contributed by atoms with E-state index < -0.39 is 36.7 Å². The van der Waals surface area contributed by atoms with Crippen molar-refractivity contribution >= 4 is 29.5 Å². The van der Waals surface area contributed by atoms with E-state index in [-0.39, 0.29) is 17.5 Å². The summed E-state index contributed by atoms with van der Waals surface area (Å²) in [4.78, 5) is 62.9. The van der Waals surface area contributed by atoms with Gasteiger partial charge in [0.1, 0.15) is 12.1 Å². The van der Waals surface area contributed by atoms with Gasteiger partial charge in [-0.2, -0.15) is 0 Å². The Bertz CT molecular complexity index is 1160. The van der Waals surface area contributed by atoms with Crippen molar-refractivity contribution in [3.05, 3.63) is 66.6 Å². The minimum Gasteiger partial charge on any atom is -0.456 e. The SMILES string of the molecule is [CH2]C(=O)c1ccc(-c2ccc(C(=O)COC(=O)[C@@H]3CCCN3C(=O)[C@@H](NC(=O)OC)C(C)C)cc2)cc1. The number of methoxy groups -OCH3 is 1. The van der Waals surface area contributed by atoms with Gasteiger partial charge < -0.3 is 19.7 Å². The summed E-state index contributed by atoms with van der Waals surface area (Å²) in [5, 5.41) is 2.52. The molecular weight excluding hydrogens is 476 g/mol. The molecule has 0 unspecified atom stereocenters. The topological polar surface area (TPSA) is 119 Å². The zero-order chi connectivity index (χ0) is 27.1. The molecule has 9 heteroatoms. The van der Waals surface area contributed by atoms with Gasteiger partial charge >= 0.3 is 12.1 Å². The fourth-order valence-corrected chi connectivity index (χ4v) is 4.17. The number of rotatable bonds is 9. The number of ketones is 2. The molecule has 2 aromatic carbocycles. The van der Waals surface area contributed by atoms with Gasteiger partial charge in [-0.25, -0.2) is 9.59 Å². The smallest absolute Gasteiger partial charge is 0.407 e. The maximum absolute atomic E-state index is 13.1. The second-order valence-electron chi connectivity index (χ2n) is 9.16. The number of carbonyl (C=O) groups is 5. The molecule has 2 amide bonds. The van der Waals surface area contributed by atoms with Crippen LogP contribution in [0.2, 0.25) is 0 Å². The fourth-order valence-electron chi connectivity index (χ4n) is 4.17. The van der Waals surface area contributed by atoms with Crippen molar-refractivity contribution in [3.8, 4) is 11.1 Å². The predicted octanol–water partition coefficient (Wildman–Crippen LogP) is 3.47. The van der Waals surface area contributed by atoms with Crippen LogP contribution in [0.5, 0.6) is 0 Å². The minimum absolute atomic E-state index is 0.225. The number of amides is 2. The maximum atomic E-state index is 13.1. The van der Waals surface area contributed by atoms with E-state index in [4.69, 9.17) is 4.74 Å². The standard InChI is InChI=1S/C28H31N2O7/c1-17(2)25(29-28(35)36-4)26(33)30-15-5-6-23(30)27(34)37-16-24(32)22-13-11-21(12-14-22)20-9-7-19(8-10-20)18(3)31/h7-14,17,23,25H,3,5-6,15-16H2,1-2,4H3,(H,29,35)/t23-,25-/m0/s1. The summed E-state index contributed by atoms with van der Waals surface area (Å²) < 4.78 is 9.89. The highest BCUT2D eigenvalue weighted by atomic mass is 16.5. The first-order chi connectivity index (χ1) is 17.6. The van der Waals surface area contributed by atoms with Gasteiger partial charge in [0.05, 0.1) is 7.11 Å². The monoisotopic (exact) mass is 507 g/mol. The number of nitrogens with one attached hydrogen (secondary N) is 1. The van der Waals surface area contributed by atoms with Crippen molar-refractivity contribution < 1.29 is 33.4 Å². The number of hydrogen-bond donors (Lipinski definition) is 1. The van der Waals surface area contributed by atoms with Crippen molar-refractivity contribution in [2.24, 2.45) is 5.92 Å². The van der Waals surface area contributed by atoms with E-state index in [9.17, 15) is 24.0 Å². The Morgan fingerprint density at radius 1 is 0.973 bits per heavy atom. The molecule has 2 aromatic rings. The van der Waals surface area contributed by atoms with Crippen molar-refractivity contribution in [2.75, 3.05) is 20.3 Å². The minimum atomic E-state index is -0.851. The van der Waals surface area contributed by atoms with Crippen molar-refractivity contribution in [2.45, 2.75) is 38.8 Å². The molecule has 0 bridgehead atoms. The molecular formula is C28H31N2O7. The van der Waals surface area contributed by atoms with Crippen LogP contribution < -0.4 is 5.32 Å². The third-order valence-corrected chi connectivity index (χ3v) is 6.29. The van der Waals surface area contributed by atoms with Gasteiger partial charge in [0.25, 0.3) is 0 Å². The summed E-state index contributed by atoms with van der Waals surface area (Å²) in [7, 11) is 1.21. The lowest BCUT2D eigenvalue weighted by Gasteiger charge is -2.29. The normalized spacial score (nSPS) is 15.7. The summed E-state index contributed by atoms with van der Waals surface area (Å²) in [5.41, 5.74) is 2.63. The Hall–Kier alpha value is -4.01. The van der Waals surface area contributed by atoms with E-state index in [2.05, 4.69) is 17.0 Å². The lowest BCUT2D eigenvalue weighted by atomic mass is 10.0. The highest BCUT2D eigenvalue weighted by Gasteiger charge is 2.39.